The molecule has 0 saturated carbocycles. The quantitative estimate of drug-likeness (QED) is 0.160. The predicted octanol–water partition coefficient (Wildman–Crippen LogP) is 18.7. The Morgan fingerprint density at radius 2 is 0.829 bits per heavy atom. The smallest absolute Gasteiger partial charge is 0.167 e. The van der Waals surface area contributed by atoms with E-state index in [0.717, 1.165) is 83.2 Å². The van der Waals surface area contributed by atoms with E-state index in [1.165, 1.54) is 47.3 Å². The fraction of sp³-hybridized carbons (Fsp3) is 0. The van der Waals surface area contributed by atoms with E-state index in [1.807, 2.05) is 53.8 Å². The topological polar surface area (TPSA) is 61.7 Å². The fourth-order valence-electron chi connectivity index (χ4n) is 11.7. The van der Waals surface area contributed by atoms with Gasteiger partial charge < -0.3 is 13.6 Å². The summed E-state index contributed by atoms with van der Waals surface area (Å²) in [4.78, 5) is 15.6. The van der Waals surface area contributed by atoms with Crippen LogP contribution < -0.4 is 0 Å². The van der Waals surface area contributed by atoms with E-state index in [0.29, 0.717) is 23.1 Å². The zero-order valence-corrected chi connectivity index (χ0v) is 41.5. The average molecular weight is 988 g/mol. The fourth-order valence-corrected chi connectivity index (χ4v) is 12.8. The van der Waals surface area contributed by atoms with Crippen molar-refractivity contribution in [3.05, 3.63) is 249 Å². The Morgan fingerprint density at radius 3 is 1.61 bits per heavy atom. The van der Waals surface area contributed by atoms with Crippen LogP contribution in [0.4, 0.5) is 0 Å². The van der Waals surface area contributed by atoms with Gasteiger partial charge in [0.05, 0.1) is 38.7 Å². The summed E-state index contributed by atoms with van der Waals surface area (Å²) >= 11 is 1.85. The third-order valence-electron chi connectivity index (χ3n) is 15.2. The van der Waals surface area contributed by atoms with Gasteiger partial charge in [0.25, 0.3) is 0 Å². The molecule has 0 saturated heterocycles. The van der Waals surface area contributed by atoms with Gasteiger partial charge in [-0.05, 0) is 101 Å². The van der Waals surface area contributed by atoms with Gasteiger partial charge in [-0.15, -0.1) is 11.3 Å². The number of rotatable bonds is 7. The van der Waals surface area contributed by atoms with Crippen molar-refractivity contribution >= 4 is 97.1 Å². The molecule has 354 valence electrons. The first-order valence-electron chi connectivity index (χ1n) is 25.6. The number of benzene rings is 11. The molecule has 6 nitrogen and oxygen atoms in total. The molecule has 0 atom stereocenters. The van der Waals surface area contributed by atoms with Crippen molar-refractivity contribution in [1.29, 1.82) is 0 Å². The maximum absolute atomic E-state index is 7.06. The Labute approximate surface area is 439 Å². The molecule has 0 aliphatic carbocycles. The average Bonchev–Trinajstić information content (AvgIpc) is 4.28. The second-order valence-electron chi connectivity index (χ2n) is 19.5. The lowest BCUT2D eigenvalue weighted by Gasteiger charge is -2.13. The number of furan rings is 1. The van der Waals surface area contributed by atoms with Crippen molar-refractivity contribution in [1.82, 2.24) is 24.1 Å². The number of hydrogen-bond acceptors (Lipinski definition) is 5. The molecule has 0 amide bonds. The second-order valence-corrected chi connectivity index (χ2v) is 20.6. The summed E-state index contributed by atoms with van der Waals surface area (Å²) in [5.41, 5.74) is 15.3. The minimum absolute atomic E-state index is 0.532. The normalized spacial score (nSPS) is 11.9. The molecule has 5 heterocycles. The van der Waals surface area contributed by atoms with E-state index in [9.17, 15) is 0 Å². The third kappa shape index (κ3) is 6.56. The van der Waals surface area contributed by atoms with E-state index >= 15 is 0 Å². The lowest BCUT2D eigenvalue weighted by Crippen LogP contribution is -2.01. The summed E-state index contributed by atoms with van der Waals surface area (Å²) in [6, 6.07) is 88.6. The van der Waals surface area contributed by atoms with Crippen LogP contribution in [0, 0.1) is 0 Å². The van der Waals surface area contributed by atoms with Crippen LogP contribution in [0.2, 0.25) is 0 Å². The molecule has 11 aromatic carbocycles. The van der Waals surface area contributed by atoms with E-state index in [1.54, 1.807) is 0 Å². The summed E-state index contributed by atoms with van der Waals surface area (Å²) in [7, 11) is 0. The summed E-state index contributed by atoms with van der Waals surface area (Å²) in [5, 5.41) is 9.34. The van der Waals surface area contributed by atoms with Crippen LogP contribution in [0.15, 0.2) is 253 Å². The third-order valence-corrected chi connectivity index (χ3v) is 16.3. The van der Waals surface area contributed by atoms with E-state index in [4.69, 9.17) is 19.4 Å². The van der Waals surface area contributed by atoms with Gasteiger partial charge in [-0.25, -0.2) is 15.0 Å². The van der Waals surface area contributed by atoms with Crippen LogP contribution in [0.25, 0.3) is 154 Å². The molecule has 76 heavy (non-hydrogen) atoms. The van der Waals surface area contributed by atoms with E-state index in [2.05, 4.69) is 215 Å². The molecule has 16 rings (SSSR count). The highest BCUT2D eigenvalue weighted by molar-refractivity contribution is 7.25. The minimum atomic E-state index is 0.532. The maximum atomic E-state index is 7.06. The molecule has 0 aliphatic rings. The number of nitrogens with zero attached hydrogens (tertiary/aromatic N) is 5. The van der Waals surface area contributed by atoms with Gasteiger partial charge in [0.15, 0.2) is 17.5 Å². The summed E-state index contributed by atoms with van der Waals surface area (Å²) in [6.07, 6.45) is 0. The summed E-state index contributed by atoms with van der Waals surface area (Å²) < 4.78 is 14.5. The van der Waals surface area contributed by atoms with Gasteiger partial charge in [-0.2, -0.15) is 0 Å². The maximum Gasteiger partial charge on any atom is 0.167 e. The first-order valence-corrected chi connectivity index (χ1v) is 26.4. The first-order chi connectivity index (χ1) is 37.7. The van der Waals surface area contributed by atoms with Crippen molar-refractivity contribution in [2.75, 3.05) is 0 Å². The highest BCUT2D eigenvalue weighted by atomic mass is 32.1. The van der Waals surface area contributed by atoms with Crippen molar-refractivity contribution < 1.29 is 4.42 Å². The van der Waals surface area contributed by atoms with Gasteiger partial charge in [0, 0.05) is 63.9 Å². The largest absolute Gasteiger partial charge is 0.455 e. The van der Waals surface area contributed by atoms with Gasteiger partial charge in [0.2, 0.25) is 0 Å². The Kier molecular flexibility index (Phi) is 9.40. The number of fused-ring (bicyclic) bond motifs is 13. The lowest BCUT2D eigenvalue weighted by atomic mass is 9.99. The number of para-hydroxylation sites is 3. The molecule has 0 unspecified atom stereocenters. The van der Waals surface area contributed by atoms with Crippen LogP contribution in [0.5, 0.6) is 0 Å². The first kappa shape index (κ1) is 42.5. The second kappa shape index (κ2) is 16.8. The molecule has 7 heteroatoms. The molecular formula is C69H41N5OS. The molecule has 16 aromatic rings. The van der Waals surface area contributed by atoms with Gasteiger partial charge >= 0.3 is 0 Å². The molecule has 5 aromatic heterocycles. The molecule has 0 bridgehead atoms. The monoisotopic (exact) mass is 987 g/mol. The van der Waals surface area contributed by atoms with Crippen molar-refractivity contribution in [2.24, 2.45) is 0 Å². The highest BCUT2D eigenvalue weighted by Gasteiger charge is 2.26. The highest BCUT2D eigenvalue weighted by Crippen LogP contribution is 2.47. The molecule has 0 aliphatic heterocycles. The van der Waals surface area contributed by atoms with Crippen molar-refractivity contribution in [3.8, 4) is 67.8 Å². The Hall–Kier alpha value is -9.95. The molecule has 0 fully saturated rings. The molecule has 0 radical (unpaired) electrons. The standard InChI is InChI=1S/C69H41N5OS/c1-4-16-42(17-5-1)43-28-30-45(31-29-43)68-70-67(44-18-6-2-7-19-44)71-69(72-68)52-34-36-59(65-51-24-11-14-26-60(51)75-66(52)65)74-56-35-32-46(47-33-39-62-53(40-47)49-22-12-15-27-61(49)76-62)41-54(56)64-58(74)38-37-57-63(64)50-23-10-13-25-55(50)73(57)48-20-8-3-9-21-48/h1-41H. The molecular weight excluding hydrogens is 947 g/mol. The Balaban J connectivity index is 0.961. The van der Waals surface area contributed by atoms with E-state index < -0.39 is 0 Å². The van der Waals surface area contributed by atoms with E-state index in [-0.39, 0.29) is 0 Å². The molecule has 0 N–H and O–H groups in total. The lowest BCUT2D eigenvalue weighted by molar-refractivity contribution is 0.669. The van der Waals surface area contributed by atoms with Crippen LogP contribution >= 0.6 is 11.3 Å². The van der Waals surface area contributed by atoms with Crippen LogP contribution in [0.1, 0.15) is 0 Å². The van der Waals surface area contributed by atoms with Crippen LogP contribution in [-0.4, -0.2) is 24.1 Å². The predicted molar refractivity (Wildman–Crippen MR) is 316 cm³/mol. The number of aromatic nitrogens is 5. The zero-order valence-electron chi connectivity index (χ0n) is 40.7. The Morgan fingerprint density at radius 1 is 0.316 bits per heavy atom. The number of thiophene rings is 1. The van der Waals surface area contributed by atoms with Crippen molar-refractivity contribution in [3.63, 3.8) is 0 Å². The van der Waals surface area contributed by atoms with Crippen molar-refractivity contribution in [2.45, 2.75) is 0 Å². The van der Waals surface area contributed by atoms with Gasteiger partial charge in [0.1, 0.15) is 11.2 Å². The Bertz CT molecular complexity index is 4980. The zero-order chi connectivity index (χ0) is 49.8. The minimum Gasteiger partial charge on any atom is -0.455 e. The van der Waals surface area contributed by atoms with Gasteiger partial charge in [-0.1, -0.05) is 170 Å². The van der Waals surface area contributed by atoms with Crippen LogP contribution in [-0.2, 0) is 0 Å². The number of hydrogen-bond donors (Lipinski definition) is 0. The molecule has 0 spiro atoms. The van der Waals surface area contributed by atoms with Crippen LogP contribution in [0.3, 0.4) is 0 Å². The summed E-state index contributed by atoms with van der Waals surface area (Å²) in [6.45, 7) is 0. The summed E-state index contributed by atoms with van der Waals surface area (Å²) in [5.74, 6) is 1.70. The SMILES string of the molecule is c1ccc(-c2ccc(-c3nc(-c4ccccc4)nc(-c4ccc(-n5c6ccc(-c7ccc8sc9ccccc9c8c7)cc6c6c7c8ccccc8n(-c8ccccc8)c7ccc65)c5c4oc4ccccc45)n3)cc2)cc1. The van der Waals surface area contributed by atoms with Gasteiger partial charge in [-0.3, -0.25) is 0 Å².